The van der Waals surface area contributed by atoms with Gasteiger partial charge in [-0.3, -0.25) is 9.48 Å². The number of methoxy groups -OCH3 is 1. The summed E-state index contributed by atoms with van der Waals surface area (Å²) in [6.07, 6.45) is 4.18. The Hall–Kier alpha value is -2.14. The van der Waals surface area contributed by atoms with Gasteiger partial charge in [0.25, 0.3) is 5.91 Å². The molecule has 0 radical (unpaired) electrons. The quantitative estimate of drug-likeness (QED) is 0.923. The van der Waals surface area contributed by atoms with Gasteiger partial charge in [0.2, 0.25) is 0 Å². The molecule has 1 aromatic carbocycles. The first-order chi connectivity index (χ1) is 11.1. The van der Waals surface area contributed by atoms with Crippen molar-refractivity contribution >= 4 is 5.91 Å². The SMILES string of the molecule is COCC1(NC(=O)c2cc(-c3ccccc3)n(C)n2)CCCC1. The zero-order valence-electron chi connectivity index (χ0n) is 13.7. The molecule has 5 heteroatoms. The number of aromatic nitrogens is 2. The maximum Gasteiger partial charge on any atom is 0.272 e. The minimum atomic E-state index is -0.240. The summed E-state index contributed by atoms with van der Waals surface area (Å²) in [6.45, 7) is 0.553. The van der Waals surface area contributed by atoms with E-state index in [0.717, 1.165) is 36.9 Å². The minimum Gasteiger partial charge on any atom is -0.382 e. The summed E-state index contributed by atoms with van der Waals surface area (Å²) in [5.74, 6) is -0.123. The summed E-state index contributed by atoms with van der Waals surface area (Å²) in [5, 5.41) is 7.55. The fourth-order valence-corrected chi connectivity index (χ4v) is 3.40. The van der Waals surface area contributed by atoms with Crippen molar-refractivity contribution in [3.8, 4) is 11.3 Å². The normalized spacial score (nSPS) is 16.4. The molecule has 122 valence electrons. The number of hydrogen-bond donors (Lipinski definition) is 1. The number of carbonyl (C=O) groups excluding carboxylic acids is 1. The van der Waals surface area contributed by atoms with Crippen LogP contribution in [0.4, 0.5) is 0 Å². The Kier molecular flexibility index (Phi) is 4.48. The van der Waals surface area contributed by atoms with Crippen LogP contribution in [0.1, 0.15) is 36.2 Å². The molecule has 1 amide bonds. The zero-order valence-corrected chi connectivity index (χ0v) is 13.7. The number of ether oxygens (including phenoxy) is 1. The Morgan fingerprint density at radius 2 is 2.00 bits per heavy atom. The Labute approximate surface area is 136 Å². The monoisotopic (exact) mass is 313 g/mol. The van der Waals surface area contributed by atoms with Crippen molar-refractivity contribution in [2.75, 3.05) is 13.7 Å². The lowest BCUT2D eigenvalue weighted by Gasteiger charge is -2.29. The third-order valence-electron chi connectivity index (χ3n) is 4.54. The van der Waals surface area contributed by atoms with Gasteiger partial charge in [-0.2, -0.15) is 5.10 Å². The predicted octanol–water partition coefficient (Wildman–Crippen LogP) is 2.78. The Morgan fingerprint density at radius 3 is 2.65 bits per heavy atom. The fraction of sp³-hybridized carbons (Fsp3) is 0.444. The number of hydrogen-bond acceptors (Lipinski definition) is 3. The van der Waals surface area contributed by atoms with Crippen molar-refractivity contribution in [3.05, 3.63) is 42.1 Å². The Morgan fingerprint density at radius 1 is 1.30 bits per heavy atom. The molecular weight excluding hydrogens is 290 g/mol. The van der Waals surface area contributed by atoms with Gasteiger partial charge in [0.05, 0.1) is 17.8 Å². The maximum absolute atomic E-state index is 12.6. The van der Waals surface area contributed by atoms with E-state index < -0.39 is 0 Å². The van der Waals surface area contributed by atoms with Crippen LogP contribution in [-0.2, 0) is 11.8 Å². The summed E-state index contributed by atoms with van der Waals surface area (Å²) >= 11 is 0. The van der Waals surface area contributed by atoms with Crippen molar-refractivity contribution in [2.45, 2.75) is 31.2 Å². The van der Waals surface area contributed by atoms with E-state index in [1.807, 2.05) is 43.4 Å². The van der Waals surface area contributed by atoms with E-state index in [-0.39, 0.29) is 11.4 Å². The molecule has 0 aliphatic heterocycles. The van der Waals surface area contributed by atoms with Gasteiger partial charge in [0, 0.05) is 14.2 Å². The molecule has 1 fully saturated rings. The molecule has 0 unspecified atom stereocenters. The average Bonchev–Trinajstić information content (AvgIpc) is 3.16. The van der Waals surface area contributed by atoms with Crippen LogP contribution in [0.2, 0.25) is 0 Å². The van der Waals surface area contributed by atoms with Crippen LogP contribution in [0.3, 0.4) is 0 Å². The molecule has 3 rings (SSSR count). The van der Waals surface area contributed by atoms with Gasteiger partial charge < -0.3 is 10.1 Å². The van der Waals surface area contributed by atoms with Gasteiger partial charge in [-0.25, -0.2) is 0 Å². The largest absolute Gasteiger partial charge is 0.382 e. The molecular formula is C18H23N3O2. The first-order valence-corrected chi connectivity index (χ1v) is 8.04. The summed E-state index contributed by atoms with van der Waals surface area (Å²) in [7, 11) is 3.54. The van der Waals surface area contributed by atoms with Crippen LogP contribution in [-0.4, -0.2) is 34.9 Å². The van der Waals surface area contributed by atoms with Crippen LogP contribution in [0.15, 0.2) is 36.4 Å². The van der Waals surface area contributed by atoms with Crippen molar-refractivity contribution in [2.24, 2.45) is 7.05 Å². The first-order valence-electron chi connectivity index (χ1n) is 8.04. The average molecular weight is 313 g/mol. The van der Waals surface area contributed by atoms with Gasteiger partial charge >= 0.3 is 0 Å². The van der Waals surface area contributed by atoms with E-state index in [4.69, 9.17) is 4.74 Å². The summed E-state index contributed by atoms with van der Waals surface area (Å²) in [4.78, 5) is 12.6. The number of amides is 1. The van der Waals surface area contributed by atoms with E-state index in [9.17, 15) is 4.79 Å². The summed E-state index contributed by atoms with van der Waals surface area (Å²) < 4.78 is 7.08. The van der Waals surface area contributed by atoms with Gasteiger partial charge in [0.1, 0.15) is 0 Å². The van der Waals surface area contributed by atoms with Crippen LogP contribution < -0.4 is 5.32 Å². The second-order valence-electron chi connectivity index (χ2n) is 6.28. The van der Waals surface area contributed by atoms with Crippen LogP contribution in [0.25, 0.3) is 11.3 Å². The predicted molar refractivity (Wildman–Crippen MR) is 89.2 cm³/mol. The van der Waals surface area contributed by atoms with E-state index in [1.54, 1.807) is 11.8 Å². The number of rotatable bonds is 5. The molecule has 23 heavy (non-hydrogen) atoms. The molecule has 0 spiro atoms. The molecule has 2 aromatic rings. The molecule has 1 aromatic heterocycles. The number of nitrogens with zero attached hydrogens (tertiary/aromatic N) is 2. The standard InChI is InChI=1S/C18H23N3O2/c1-21-16(14-8-4-3-5-9-14)12-15(20-21)17(22)19-18(13-23-2)10-6-7-11-18/h3-5,8-9,12H,6-7,10-11,13H2,1-2H3,(H,19,22). The minimum absolute atomic E-state index is 0.123. The first kappa shape index (κ1) is 15.7. The third-order valence-corrected chi connectivity index (χ3v) is 4.54. The topological polar surface area (TPSA) is 56.1 Å². The molecule has 1 aliphatic carbocycles. The van der Waals surface area contributed by atoms with Gasteiger partial charge in [0.15, 0.2) is 5.69 Å². The molecule has 5 nitrogen and oxygen atoms in total. The number of carbonyl (C=O) groups is 1. The highest BCUT2D eigenvalue weighted by Gasteiger charge is 2.36. The second kappa shape index (κ2) is 6.54. The zero-order chi connectivity index (χ0) is 16.3. The molecule has 0 saturated heterocycles. The Bertz CT molecular complexity index is 673. The van der Waals surface area contributed by atoms with Gasteiger partial charge in [-0.05, 0) is 24.5 Å². The molecule has 1 aliphatic rings. The highest BCUT2D eigenvalue weighted by atomic mass is 16.5. The van der Waals surface area contributed by atoms with Crippen molar-refractivity contribution in [3.63, 3.8) is 0 Å². The summed E-state index contributed by atoms with van der Waals surface area (Å²) in [6, 6.07) is 11.8. The van der Waals surface area contributed by atoms with E-state index in [0.29, 0.717) is 12.3 Å². The highest BCUT2D eigenvalue weighted by molar-refractivity contribution is 5.94. The van der Waals surface area contributed by atoms with E-state index >= 15 is 0 Å². The van der Waals surface area contributed by atoms with Gasteiger partial charge in [-0.15, -0.1) is 0 Å². The van der Waals surface area contributed by atoms with Gasteiger partial charge in [-0.1, -0.05) is 43.2 Å². The molecule has 1 saturated carbocycles. The number of benzene rings is 1. The molecule has 1 heterocycles. The lowest BCUT2D eigenvalue weighted by molar-refractivity contribution is 0.0762. The molecule has 0 bridgehead atoms. The summed E-state index contributed by atoms with van der Waals surface area (Å²) in [5.41, 5.74) is 2.20. The van der Waals surface area contributed by atoms with Crippen LogP contribution >= 0.6 is 0 Å². The molecule has 1 N–H and O–H groups in total. The van der Waals surface area contributed by atoms with Crippen LogP contribution in [0, 0.1) is 0 Å². The number of nitrogens with one attached hydrogen (secondary N) is 1. The van der Waals surface area contributed by atoms with E-state index in [1.165, 1.54) is 0 Å². The van der Waals surface area contributed by atoms with Crippen molar-refractivity contribution < 1.29 is 9.53 Å². The smallest absolute Gasteiger partial charge is 0.272 e. The van der Waals surface area contributed by atoms with Crippen molar-refractivity contribution in [1.29, 1.82) is 0 Å². The Balaban J connectivity index is 1.81. The van der Waals surface area contributed by atoms with Crippen LogP contribution in [0.5, 0.6) is 0 Å². The van der Waals surface area contributed by atoms with E-state index in [2.05, 4.69) is 10.4 Å². The lowest BCUT2D eigenvalue weighted by Crippen LogP contribution is -2.49. The van der Waals surface area contributed by atoms with Crippen molar-refractivity contribution in [1.82, 2.24) is 15.1 Å². The maximum atomic E-state index is 12.6. The third kappa shape index (κ3) is 3.29. The fourth-order valence-electron chi connectivity index (χ4n) is 3.40. The second-order valence-corrected chi connectivity index (χ2v) is 6.28. The molecule has 0 atom stereocenters. The lowest BCUT2D eigenvalue weighted by atomic mass is 9.98. The number of aryl methyl sites for hydroxylation is 1. The highest BCUT2D eigenvalue weighted by Crippen LogP contribution is 2.30.